The monoisotopic (exact) mass is 813 g/mol. The Hall–Kier alpha value is -7.01. The normalized spacial score (nSPS) is 17.2. The molecular formula is C43H43N9O8. The molecule has 3 aliphatic rings. The van der Waals surface area contributed by atoms with E-state index in [1.54, 1.807) is 12.1 Å². The maximum atomic E-state index is 14.6. The van der Waals surface area contributed by atoms with Crippen LogP contribution < -0.4 is 15.5 Å². The molecule has 0 saturated carbocycles. The Morgan fingerprint density at radius 2 is 1.65 bits per heavy atom. The molecule has 4 heterocycles. The van der Waals surface area contributed by atoms with Gasteiger partial charge in [-0.3, -0.25) is 24.1 Å². The number of carbonyl (C=O) groups excluding carboxylic acids is 5. The zero-order chi connectivity index (χ0) is 41.4. The summed E-state index contributed by atoms with van der Waals surface area (Å²) in [6.45, 7) is 0.681. The number of aromatic amines is 1. The third-order valence-electron chi connectivity index (χ3n) is 10.8. The van der Waals surface area contributed by atoms with Gasteiger partial charge in [0, 0.05) is 31.5 Å². The number of tetrazole rings is 1. The van der Waals surface area contributed by atoms with Crippen LogP contribution in [-0.2, 0) is 53.0 Å². The molecule has 17 heteroatoms. The van der Waals surface area contributed by atoms with Crippen molar-refractivity contribution in [2.24, 2.45) is 0 Å². The van der Waals surface area contributed by atoms with Crippen molar-refractivity contribution in [2.75, 3.05) is 31.2 Å². The first-order chi connectivity index (χ1) is 29.3. The average molecular weight is 814 g/mol. The summed E-state index contributed by atoms with van der Waals surface area (Å²) in [6.07, 6.45) is -0.0918. The van der Waals surface area contributed by atoms with Gasteiger partial charge in [-0.25, -0.2) is 9.78 Å². The molecule has 3 N–H and O–H groups in total. The second kappa shape index (κ2) is 18.3. The van der Waals surface area contributed by atoms with Gasteiger partial charge in [-0.05, 0) is 45.9 Å². The van der Waals surface area contributed by atoms with Crippen molar-refractivity contribution in [3.05, 3.63) is 125 Å². The molecule has 2 aliphatic heterocycles. The number of esters is 1. The number of fused-ring (bicyclic) bond motifs is 4. The number of ether oxygens (including phenoxy) is 3. The summed E-state index contributed by atoms with van der Waals surface area (Å²) in [7, 11) is 0. The van der Waals surface area contributed by atoms with Gasteiger partial charge in [0.1, 0.15) is 31.1 Å². The highest BCUT2D eigenvalue weighted by Gasteiger charge is 2.42. The highest BCUT2D eigenvalue weighted by atomic mass is 16.6. The van der Waals surface area contributed by atoms with E-state index < -0.39 is 48.0 Å². The van der Waals surface area contributed by atoms with Crippen LogP contribution in [0.25, 0.3) is 11.1 Å². The van der Waals surface area contributed by atoms with Gasteiger partial charge >= 0.3 is 12.1 Å². The molecule has 0 bridgehead atoms. The number of pyridine rings is 1. The molecule has 8 rings (SSSR count). The average Bonchev–Trinajstić information content (AvgIpc) is 4.02. The number of nitrogens with zero attached hydrogens (tertiary/aromatic N) is 6. The molecule has 0 radical (unpaired) electrons. The summed E-state index contributed by atoms with van der Waals surface area (Å²) < 4.78 is 17.3. The van der Waals surface area contributed by atoms with Gasteiger partial charge < -0.3 is 29.7 Å². The van der Waals surface area contributed by atoms with E-state index in [0.29, 0.717) is 5.56 Å². The molecular weight excluding hydrogens is 771 g/mol. The lowest BCUT2D eigenvalue weighted by Crippen LogP contribution is -2.55. The van der Waals surface area contributed by atoms with Crippen molar-refractivity contribution < 1.29 is 38.2 Å². The summed E-state index contributed by atoms with van der Waals surface area (Å²) in [4.78, 5) is 75.5. The number of hydrogen-bond acceptors (Lipinski definition) is 12. The molecule has 4 amide bonds. The van der Waals surface area contributed by atoms with Gasteiger partial charge in [0.25, 0.3) is 5.91 Å². The second-order valence-electron chi connectivity index (χ2n) is 14.7. The van der Waals surface area contributed by atoms with Crippen molar-refractivity contribution >= 4 is 35.6 Å². The second-order valence-corrected chi connectivity index (χ2v) is 14.7. The number of amides is 4. The Labute approximate surface area is 344 Å². The first-order valence-corrected chi connectivity index (χ1v) is 19.8. The van der Waals surface area contributed by atoms with Crippen LogP contribution in [0.2, 0.25) is 0 Å². The van der Waals surface area contributed by atoms with Crippen molar-refractivity contribution in [2.45, 2.75) is 62.9 Å². The van der Waals surface area contributed by atoms with Crippen LogP contribution >= 0.6 is 0 Å². The number of H-pyrrole nitrogens is 1. The van der Waals surface area contributed by atoms with Crippen LogP contribution in [0.3, 0.4) is 0 Å². The van der Waals surface area contributed by atoms with E-state index >= 15 is 0 Å². The Morgan fingerprint density at radius 1 is 0.900 bits per heavy atom. The zero-order valence-electron chi connectivity index (χ0n) is 32.6. The van der Waals surface area contributed by atoms with Gasteiger partial charge in [0.15, 0.2) is 5.82 Å². The minimum Gasteiger partial charge on any atom is -0.461 e. The predicted octanol–water partition coefficient (Wildman–Crippen LogP) is 3.22. The van der Waals surface area contributed by atoms with Crippen LogP contribution in [0.4, 0.5) is 10.6 Å². The molecule has 1 unspecified atom stereocenters. The van der Waals surface area contributed by atoms with Gasteiger partial charge in [0.2, 0.25) is 11.8 Å². The minimum atomic E-state index is -1.26. The molecule has 3 atom stereocenters. The van der Waals surface area contributed by atoms with E-state index in [1.165, 1.54) is 16.0 Å². The van der Waals surface area contributed by atoms with Crippen molar-refractivity contribution in [3.8, 4) is 11.1 Å². The molecule has 17 nitrogen and oxygen atoms in total. The summed E-state index contributed by atoms with van der Waals surface area (Å²) in [5.41, 5.74) is 5.89. The lowest BCUT2D eigenvalue weighted by atomic mass is 9.98. The van der Waals surface area contributed by atoms with Crippen LogP contribution in [0.15, 0.2) is 97.2 Å². The van der Waals surface area contributed by atoms with E-state index in [1.807, 2.05) is 54.6 Å². The standard InChI is InChI=1S/C43H43N9O8/c53-38(22-29-24-51(19-20-58-29)43(57)60-26-34-32-14-6-4-12-30(32)31-13-5-7-15-33(31)34)46-35(16-17-39(54)59-25-27-9-2-1-3-10-27)42(56)52-36(21-28-11-8-18-44-40(28)52)41(55)45-23-37-47-49-50-48-37/h1-15,18,29,34-36H,16-17,19-26H2,(H,45,55)(H,46,53)(H,47,48,49,50)/t29?,35-,36-/m0/s1. The Balaban J connectivity index is 0.927. The molecule has 0 spiro atoms. The van der Waals surface area contributed by atoms with Crippen LogP contribution in [-0.4, -0.2) is 105 Å². The lowest BCUT2D eigenvalue weighted by molar-refractivity contribution is -0.145. The van der Waals surface area contributed by atoms with E-state index in [-0.39, 0.29) is 82.7 Å². The SMILES string of the molecule is O=C(CC1CN(C(=O)OCC2c3ccccc3-c3ccccc32)CCO1)N[C@@H](CCC(=O)OCc1ccccc1)C(=O)N1c2ncccc2C[C@H]1C(=O)NCc1nn[nH]n1. The van der Waals surface area contributed by atoms with Crippen molar-refractivity contribution in [1.82, 2.24) is 41.1 Å². The summed E-state index contributed by atoms with van der Waals surface area (Å²) in [5, 5.41) is 19.1. The fourth-order valence-corrected chi connectivity index (χ4v) is 7.91. The first-order valence-electron chi connectivity index (χ1n) is 19.8. The lowest BCUT2D eigenvalue weighted by Gasteiger charge is -2.33. The predicted molar refractivity (Wildman–Crippen MR) is 214 cm³/mol. The van der Waals surface area contributed by atoms with Gasteiger partial charge in [-0.15, -0.1) is 10.2 Å². The van der Waals surface area contributed by atoms with Crippen molar-refractivity contribution in [3.63, 3.8) is 0 Å². The smallest absolute Gasteiger partial charge is 0.409 e. The van der Waals surface area contributed by atoms with E-state index in [4.69, 9.17) is 14.2 Å². The highest BCUT2D eigenvalue weighted by Crippen LogP contribution is 2.44. The van der Waals surface area contributed by atoms with Gasteiger partial charge in [-0.1, -0.05) is 90.1 Å². The molecule has 308 valence electrons. The van der Waals surface area contributed by atoms with Gasteiger partial charge in [-0.2, -0.15) is 5.21 Å². The number of morpholine rings is 1. The maximum Gasteiger partial charge on any atom is 0.409 e. The first kappa shape index (κ1) is 39.8. The largest absolute Gasteiger partial charge is 0.461 e. The number of aromatic nitrogens is 5. The molecule has 60 heavy (non-hydrogen) atoms. The molecule has 2 aromatic heterocycles. The Kier molecular flexibility index (Phi) is 12.1. The third kappa shape index (κ3) is 9.00. The number of anilines is 1. The summed E-state index contributed by atoms with van der Waals surface area (Å²) >= 11 is 0. The molecule has 3 aromatic carbocycles. The summed E-state index contributed by atoms with van der Waals surface area (Å²) in [6, 6.07) is 26.5. The summed E-state index contributed by atoms with van der Waals surface area (Å²) in [5.74, 6) is -1.86. The maximum absolute atomic E-state index is 14.6. The van der Waals surface area contributed by atoms with E-state index in [2.05, 4.69) is 60.5 Å². The molecule has 1 aliphatic carbocycles. The number of carbonyl (C=O) groups is 5. The third-order valence-corrected chi connectivity index (χ3v) is 10.8. The topological polar surface area (TPSA) is 211 Å². The Morgan fingerprint density at radius 3 is 2.40 bits per heavy atom. The fraction of sp³-hybridized carbons (Fsp3) is 0.326. The van der Waals surface area contributed by atoms with E-state index in [0.717, 1.165) is 27.8 Å². The van der Waals surface area contributed by atoms with Gasteiger partial charge in [0.05, 0.1) is 32.2 Å². The van der Waals surface area contributed by atoms with Crippen LogP contribution in [0.5, 0.6) is 0 Å². The molecule has 5 aromatic rings. The highest BCUT2D eigenvalue weighted by molar-refractivity contribution is 6.06. The van der Waals surface area contributed by atoms with Crippen LogP contribution in [0, 0.1) is 0 Å². The fourth-order valence-electron chi connectivity index (χ4n) is 7.91. The molecule has 1 fully saturated rings. The molecule has 1 saturated heterocycles. The minimum absolute atomic E-state index is 0.0376. The van der Waals surface area contributed by atoms with Crippen LogP contribution in [0.1, 0.15) is 53.3 Å². The van der Waals surface area contributed by atoms with E-state index in [9.17, 15) is 24.0 Å². The number of hydrogen-bond donors (Lipinski definition) is 3. The number of rotatable bonds is 14. The number of nitrogens with one attached hydrogen (secondary N) is 3. The Bertz CT molecular complexity index is 2300. The number of benzene rings is 3. The quantitative estimate of drug-likeness (QED) is 0.138. The zero-order valence-corrected chi connectivity index (χ0v) is 32.6. The van der Waals surface area contributed by atoms with Crippen molar-refractivity contribution in [1.29, 1.82) is 0 Å².